The van der Waals surface area contributed by atoms with Gasteiger partial charge in [0, 0.05) is 5.57 Å². The van der Waals surface area contributed by atoms with Gasteiger partial charge in [0.25, 0.3) is 0 Å². The molecule has 1 aliphatic carbocycles. The van der Waals surface area contributed by atoms with E-state index >= 15 is 0 Å². The van der Waals surface area contributed by atoms with Crippen LogP contribution in [0.25, 0.3) is 5.57 Å². The van der Waals surface area contributed by atoms with Gasteiger partial charge < -0.3 is 0 Å². The fourth-order valence-electron chi connectivity index (χ4n) is 2.68. The van der Waals surface area contributed by atoms with Crippen molar-refractivity contribution in [2.24, 2.45) is 5.41 Å². The number of aryl methyl sites for hydroxylation is 1. The molecule has 2 rings (SSSR count). The van der Waals surface area contributed by atoms with Crippen LogP contribution >= 0.6 is 0 Å². The van der Waals surface area contributed by atoms with Gasteiger partial charge in [-0.3, -0.25) is 0 Å². The van der Waals surface area contributed by atoms with Crippen LogP contribution in [0.1, 0.15) is 44.4 Å². The molecule has 1 heteroatoms. The predicted octanol–water partition coefficient (Wildman–Crippen LogP) is 5.34. The number of benzene rings is 1. The maximum absolute atomic E-state index is 9.13. The number of rotatable bonds is 1. The van der Waals surface area contributed by atoms with Gasteiger partial charge in [-0.15, -0.1) is 5.73 Å². The summed E-state index contributed by atoms with van der Waals surface area (Å²) in [5.41, 5.74) is 9.93. The molecule has 0 atom stereocenters. The van der Waals surface area contributed by atoms with Gasteiger partial charge in [-0.05, 0) is 65.8 Å². The number of allylic oxidation sites excluding steroid dienone is 5. The molecule has 1 aromatic carbocycles. The lowest BCUT2D eigenvalue weighted by atomic mass is 9.82. The Morgan fingerprint density at radius 3 is 2.43 bits per heavy atom. The fourth-order valence-corrected chi connectivity index (χ4v) is 2.68. The summed E-state index contributed by atoms with van der Waals surface area (Å²) < 4.78 is 0. The average molecular weight is 275 g/mol. The summed E-state index contributed by atoms with van der Waals surface area (Å²) in [6.45, 7) is 10.7. The summed E-state index contributed by atoms with van der Waals surface area (Å²) in [7, 11) is 0. The van der Waals surface area contributed by atoms with E-state index in [0.29, 0.717) is 5.56 Å². The molecule has 0 aromatic heterocycles. The first-order valence-electron chi connectivity index (χ1n) is 7.19. The highest BCUT2D eigenvalue weighted by molar-refractivity contribution is 5.78. The molecule has 21 heavy (non-hydrogen) atoms. The summed E-state index contributed by atoms with van der Waals surface area (Å²) in [5, 5.41) is 9.13. The van der Waals surface area contributed by atoms with Gasteiger partial charge in [0.15, 0.2) is 0 Å². The van der Waals surface area contributed by atoms with Crippen LogP contribution in [0, 0.1) is 23.7 Å². The van der Waals surface area contributed by atoms with Gasteiger partial charge in [-0.25, -0.2) is 0 Å². The zero-order valence-corrected chi connectivity index (χ0v) is 13.4. The van der Waals surface area contributed by atoms with E-state index in [1.54, 1.807) is 0 Å². The summed E-state index contributed by atoms with van der Waals surface area (Å²) in [6, 6.07) is 8.20. The summed E-state index contributed by atoms with van der Waals surface area (Å²) in [4.78, 5) is 0. The Labute approximate surface area is 127 Å². The molecule has 0 heterocycles. The van der Waals surface area contributed by atoms with Crippen molar-refractivity contribution in [1.82, 2.24) is 0 Å². The quantitative estimate of drug-likeness (QED) is 0.635. The standard InChI is InChI=1S/C20H21N/c1-14-9-16(13-21)12-18(10-14)17-7-6-8-19(15(2)11-17)20(3,4)5/h6-7,9-12H,1-5H3. The lowest BCUT2D eigenvalue weighted by Crippen LogP contribution is -2.09. The summed E-state index contributed by atoms with van der Waals surface area (Å²) in [6.07, 6.45) is 6.24. The second-order valence-electron chi connectivity index (χ2n) is 6.58. The minimum Gasteiger partial charge on any atom is -0.192 e. The lowest BCUT2D eigenvalue weighted by Gasteiger charge is -2.21. The second kappa shape index (κ2) is 5.60. The molecule has 1 aromatic rings. The Bertz CT molecular complexity index is 737. The SMILES string of the molecule is CC1=CC(c2cc(C)cc(C#N)c2)=CC=C=C1C(C)(C)C. The monoisotopic (exact) mass is 275 g/mol. The minimum atomic E-state index is 0.0742. The van der Waals surface area contributed by atoms with Crippen molar-refractivity contribution in [2.45, 2.75) is 34.6 Å². The van der Waals surface area contributed by atoms with E-state index < -0.39 is 0 Å². The van der Waals surface area contributed by atoms with Gasteiger partial charge in [0.2, 0.25) is 0 Å². The molecular weight excluding hydrogens is 254 g/mol. The highest BCUT2D eigenvalue weighted by atomic mass is 14.2. The van der Waals surface area contributed by atoms with Gasteiger partial charge in [-0.2, -0.15) is 5.26 Å². The van der Waals surface area contributed by atoms with Crippen LogP contribution in [0.3, 0.4) is 0 Å². The van der Waals surface area contributed by atoms with E-state index in [1.165, 1.54) is 11.1 Å². The number of hydrogen-bond donors (Lipinski definition) is 0. The molecule has 0 radical (unpaired) electrons. The summed E-state index contributed by atoms with van der Waals surface area (Å²) >= 11 is 0. The highest BCUT2D eigenvalue weighted by Crippen LogP contribution is 2.33. The first kappa shape index (κ1) is 15.1. The van der Waals surface area contributed by atoms with Crippen molar-refractivity contribution in [2.75, 3.05) is 0 Å². The Balaban J connectivity index is 2.49. The molecule has 0 N–H and O–H groups in total. The molecule has 0 saturated heterocycles. The Morgan fingerprint density at radius 1 is 1.10 bits per heavy atom. The smallest absolute Gasteiger partial charge is 0.0991 e. The molecule has 0 amide bonds. The topological polar surface area (TPSA) is 23.8 Å². The van der Waals surface area contributed by atoms with Crippen LogP contribution in [-0.4, -0.2) is 0 Å². The second-order valence-corrected chi connectivity index (χ2v) is 6.58. The maximum Gasteiger partial charge on any atom is 0.0991 e. The van der Waals surface area contributed by atoms with Crippen LogP contribution in [0.5, 0.6) is 0 Å². The number of nitriles is 1. The number of hydrogen-bond acceptors (Lipinski definition) is 1. The van der Waals surface area contributed by atoms with Crippen molar-refractivity contribution in [3.05, 3.63) is 70.0 Å². The van der Waals surface area contributed by atoms with Crippen LogP contribution in [-0.2, 0) is 0 Å². The third-order valence-electron chi connectivity index (χ3n) is 3.55. The molecular formula is C20H21N. The first-order chi connectivity index (χ1) is 9.81. The maximum atomic E-state index is 9.13. The normalized spacial score (nSPS) is 14.8. The van der Waals surface area contributed by atoms with E-state index in [0.717, 1.165) is 16.7 Å². The van der Waals surface area contributed by atoms with Crippen molar-refractivity contribution in [3.8, 4) is 6.07 Å². The van der Waals surface area contributed by atoms with Gasteiger partial charge in [-0.1, -0.05) is 32.9 Å². The van der Waals surface area contributed by atoms with E-state index in [1.807, 2.05) is 25.1 Å². The molecule has 0 bridgehead atoms. The van der Waals surface area contributed by atoms with Crippen molar-refractivity contribution in [3.63, 3.8) is 0 Å². The molecule has 1 aliphatic rings. The van der Waals surface area contributed by atoms with Crippen molar-refractivity contribution < 1.29 is 0 Å². The third-order valence-corrected chi connectivity index (χ3v) is 3.55. The number of nitrogens with zero attached hydrogens (tertiary/aromatic N) is 1. The van der Waals surface area contributed by atoms with Gasteiger partial charge in [0.05, 0.1) is 11.6 Å². The van der Waals surface area contributed by atoms with Crippen LogP contribution in [0.2, 0.25) is 0 Å². The molecule has 0 fully saturated rings. The molecule has 0 unspecified atom stereocenters. The molecule has 106 valence electrons. The van der Waals surface area contributed by atoms with Crippen molar-refractivity contribution in [1.29, 1.82) is 5.26 Å². The molecule has 0 saturated carbocycles. The Kier molecular flexibility index (Phi) is 4.03. The van der Waals surface area contributed by atoms with E-state index in [9.17, 15) is 0 Å². The molecule has 0 aliphatic heterocycles. The van der Waals surface area contributed by atoms with E-state index in [2.05, 4.69) is 57.7 Å². The van der Waals surface area contributed by atoms with Crippen molar-refractivity contribution >= 4 is 5.57 Å². The first-order valence-corrected chi connectivity index (χ1v) is 7.19. The Morgan fingerprint density at radius 2 is 1.81 bits per heavy atom. The fraction of sp³-hybridized carbons (Fsp3) is 0.300. The zero-order chi connectivity index (χ0) is 15.6. The third kappa shape index (κ3) is 3.43. The van der Waals surface area contributed by atoms with E-state index in [4.69, 9.17) is 5.26 Å². The summed E-state index contributed by atoms with van der Waals surface area (Å²) in [5.74, 6) is 0. The molecule has 1 nitrogen and oxygen atoms in total. The molecule has 0 spiro atoms. The predicted molar refractivity (Wildman–Crippen MR) is 88.7 cm³/mol. The van der Waals surface area contributed by atoms with Gasteiger partial charge in [0.1, 0.15) is 0 Å². The highest BCUT2D eigenvalue weighted by Gasteiger charge is 2.19. The van der Waals surface area contributed by atoms with E-state index in [-0.39, 0.29) is 5.41 Å². The zero-order valence-electron chi connectivity index (χ0n) is 13.4. The van der Waals surface area contributed by atoms with Crippen LogP contribution in [0.15, 0.2) is 53.3 Å². The average Bonchev–Trinajstić information content (AvgIpc) is 2.59. The minimum absolute atomic E-state index is 0.0742. The van der Waals surface area contributed by atoms with Crippen LogP contribution < -0.4 is 0 Å². The largest absolute Gasteiger partial charge is 0.192 e. The van der Waals surface area contributed by atoms with Gasteiger partial charge >= 0.3 is 0 Å². The van der Waals surface area contributed by atoms with Crippen LogP contribution in [0.4, 0.5) is 0 Å². The lowest BCUT2D eigenvalue weighted by molar-refractivity contribution is 0.511. The Hall–Kier alpha value is -2.29.